The number of carbonyl (C=O) groups is 3. The van der Waals surface area contributed by atoms with E-state index in [1.165, 1.54) is 4.90 Å². The molecule has 4 N–H and O–H groups in total. The van der Waals surface area contributed by atoms with Gasteiger partial charge in [0.2, 0.25) is 11.8 Å². The van der Waals surface area contributed by atoms with E-state index >= 15 is 0 Å². The molecule has 0 aliphatic carbocycles. The number of H-pyrrole nitrogens is 1. The van der Waals surface area contributed by atoms with Gasteiger partial charge in [-0.2, -0.15) is 0 Å². The summed E-state index contributed by atoms with van der Waals surface area (Å²) in [5.41, 5.74) is 4.97. The molecule has 1 aliphatic heterocycles. The van der Waals surface area contributed by atoms with Gasteiger partial charge in [-0.15, -0.1) is 0 Å². The van der Waals surface area contributed by atoms with E-state index in [-0.39, 0.29) is 30.7 Å². The molecule has 0 bridgehead atoms. The van der Waals surface area contributed by atoms with E-state index in [4.69, 9.17) is 4.74 Å². The summed E-state index contributed by atoms with van der Waals surface area (Å²) in [7, 11) is 0. The summed E-state index contributed by atoms with van der Waals surface area (Å²) in [6, 6.07) is 10.4. The molecule has 11 nitrogen and oxygen atoms in total. The molecule has 1 fully saturated rings. The lowest BCUT2D eigenvalue weighted by atomic mass is 9.75. The van der Waals surface area contributed by atoms with Gasteiger partial charge in [-0.05, 0) is 68.0 Å². The number of carbonyl (C=O) groups excluding carboxylic acids is 3. The zero-order chi connectivity index (χ0) is 30.3. The summed E-state index contributed by atoms with van der Waals surface area (Å²) in [5.74, 6) is -0.477. The van der Waals surface area contributed by atoms with Crippen molar-refractivity contribution in [2.24, 2.45) is 5.92 Å². The second-order valence-electron chi connectivity index (χ2n) is 11.4. The van der Waals surface area contributed by atoms with E-state index in [1.807, 2.05) is 52.0 Å². The van der Waals surface area contributed by atoms with Crippen LogP contribution in [0.25, 0.3) is 0 Å². The van der Waals surface area contributed by atoms with Crippen molar-refractivity contribution in [2.75, 3.05) is 13.1 Å². The molecule has 2 atom stereocenters. The topological polar surface area (TPSA) is 150 Å². The van der Waals surface area contributed by atoms with Gasteiger partial charge in [0.05, 0.1) is 11.7 Å². The van der Waals surface area contributed by atoms with Crippen molar-refractivity contribution < 1.29 is 24.3 Å². The summed E-state index contributed by atoms with van der Waals surface area (Å²) < 4.78 is 6.01. The summed E-state index contributed by atoms with van der Waals surface area (Å²) in [5, 5.41) is 12.3. The average Bonchev–Trinajstić information content (AvgIpc) is 3.58. The van der Waals surface area contributed by atoms with Gasteiger partial charge in [-0.3, -0.25) is 24.6 Å². The average molecular weight is 577 g/mol. The molecule has 0 saturated carbocycles. The summed E-state index contributed by atoms with van der Waals surface area (Å²) in [6.07, 6.45) is 4.52. The molecular weight excluding hydrogens is 536 g/mol. The Morgan fingerprint density at radius 3 is 2.50 bits per heavy atom. The molecule has 3 aromatic rings. The van der Waals surface area contributed by atoms with Crippen LogP contribution < -0.4 is 15.5 Å². The highest BCUT2D eigenvalue weighted by molar-refractivity contribution is 5.98. The van der Waals surface area contributed by atoms with Gasteiger partial charge in [-0.1, -0.05) is 26.0 Å². The van der Waals surface area contributed by atoms with Gasteiger partial charge in [0.15, 0.2) is 0 Å². The molecule has 2 aromatic heterocycles. The molecule has 2 unspecified atom stereocenters. The van der Waals surface area contributed by atoms with Crippen molar-refractivity contribution in [3.05, 3.63) is 77.1 Å². The predicted molar refractivity (Wildman–Crippen MR) is 156 cm³/mol. The minimum absolute atomic E-state index is 0.0732. The van der Waals surface area contributed by atoms with Gasteiger partial charge < -0.3 is 19.9 Å². The Morgan fingerprint density at radius 1 is 1.17 bits per heavy atom. The van der Waals surface area contributed by atoms with Gasteiger partial charge in [0.1, 0.15) is 18.4 Å². The zero-order valence-electron chi connectivity index (χ0n) is 24.6. The van der Waals surface area contributed by atoms with E-state index in [0.29, 0.717) is 43.7 Å². The summed E-state index contributed by atoms with van der Waals surface area (Å²) in [6.45, 7) is 8.82. The first-order valence-corrected chi connectivity index (χ1v) is 14.3. The molecule has 4 rings (SSSR count). The number of ether oxygens (including phenoxy) is 1. The number of aryl methyl sites for hydroxylation is 2. The highest BCUT2D eigenvalue weighted by Gasteiger charge is 2.52. The molecule has 42 heavy (non-hydrogen) atoms. The molecule has 1 saturated heterocycles. The van der Waals surface area contributed by atoms with E-state index in [2.05, 4.69) is 20.3 Å². The summed E-state index contributed by atoms with van der Waals surface area (Å²) >= 11 is 0. The van der Waals surface area contributed by atoms with E-state index in [1.54, 1.807) is 30.1 Å². The van der Waals surface area contributed by atoms with Crippen LogP contribution in [-0.2, 0) is 32.8 Å². The van der Waals surface area contributed by atoms with E-state index in [0.717, 1.165) is 22.6 Å². The standard InChI is InChI=1S/C31H40N6O5/c1-20(2)13-27(29(39)36-41)37-12-10-31(30(37)40,16-28(38)33-11-9-25-17-32-19-34-25)24-5-7-26(8-6-24)42-18-23-14-21(3)35-22(4)15-23/h5-8,14-15,17,19-20,27,41H,9-13,16,18H2,1-4H3,(H,32,34)(H,33,38)(H,36,39). The fourth-order valence-corrected chi connectivity index (χ4v) is 5.66. The fourth-order valence-electron chi connectivity index (χ4n) is 5.66. The van der Waals surface area contributed by atoms with Crippen LogP contribution in [0.15, 0.2) is 48.9 Å². The minimum Gasteiger partial charge on any atom is -0.489 e. The van der Waals surface area contributed by atoms with Crippen LogP contribution in [0.1, 0.15) is 61.3 Å². The quantitative estimate of drug-likeness (QED) is 0.180. The maximum Gasteiger partial charge on any atom is 0.266 e. The molecular formula is C31H40N6O5. The lowest BCUT2D eigenvalue weighted by Gasteiger charge is -2.32. The van der Waals surface area contributed by atoms with Crippen LogP contribution in [0.4, 0.5) is 0 Å². The number of benzene rings is 1. The number of aromatic nitrogens is 3. The molecule has 3 amide bonds. The molecule has 1 aromatic carbocycles. The van der Waals surface area contributed by atoms with Gasteiger partial charge >= 0.3 is 0 Å². The normalized spacial score (nSPS) is 17.4. The number of likely N-dealkylation sites (tertiary alicyclic amines) is 1. The maximum atomic E-state index is 14.2. The Labute approximate surface area is 246 Å². The Kier molecular flexibility index (Phi) is 9.95. The Balaban J connectivity index is 1.55. The van der Waals surface area contributed by atoms with Crippen LogP contribution in [0.2, 0.25) is 0 Å². The van der Waals surface area contributed by atoms with Gasteiger partial charge in [0.25, 0.3) is 5.91 Å². The molecule has 3 heterocycles. The van der Waals surface area contributed by atoms with Crippen molar-refractivity contribution in [3.8, 4) is 5.75 Å². The van der Waals surface area contributed by atoms with E-state index in [9.17, 15) is 19.6 Å². The number of aromatic amines is 1. The molecule has 0 spiro atoms. The molecule has 1 aliphatic rings. The monoisotopic (exact) mass is 576 g/mol. The molecule has 224 valence electrons. The predicted octanol–water partition coefficient (Wildman–Crippen LogP) is 3.14. The highest BCUT2D eigenvalue weighted by Crippen LogP contribution is 2.41. The van der Waals surface area contributed by atoms with Crippen LogP contribution in [0.5, 0.6) is 5.75 Å². The third-order valence-corrected chi connectivity index (χ3v) is 7.62. The number of amides is 3. The second-order valence-corrected chi connectivity index (χ2v) is 11.4. The van der Waals surface area contributed by atoms with Crippen LogP contribution in [0.3, 0.4) is 0 Å². The van der Waals surface area contributed by atoms with Crippen LogP contribution in [-0.4, -0.2) is 61.9 Å². The van der Waals surface area contributed by atoms with Crippen molar-refractivity contribution >= 4 is 17.7 Å². The first-order valence-electron chi connectivity index (χ1n) is 14.3. The third-order valence-electron chi connectivity index (χ3n) is 7.62. The number of hydrogen-bond acceptors (Lipinski definition) is 7. The summed E-state index contributed by atoms with van der Waals surface area (Å²) in [4.78, 5) is 52.9. The number of hydrogen-bond donors (Lipinski definition) is 4. The maximum absolute atomic E-state index is 14.2. The largest absolute Gasteiger partial charge is 0.489 e. The van der Waals surface area contributed by atoms with Crippen LogP contribution >= 0.6 is 0 Å². The Bertz CT molecular complexity index is 1350. The number of rotatable bonds is 13. The lowest BCUT2D eigenvalue weighted by Crippen LogP contribution is -2.51. The number of nitrogens with zero attached hydrogens (tertiary/aromatic N) is 3. The SMILES string of the molecule is Cc1cc(COc2ccc(C3(CC(=O)NCCc4cnc[nH]4)CCN(C(CC(C)C)C(=O)NO)C3=O)cc2)cc(C)n1. The minimum atomic E-state index is -1.17. The molecule has 0 radical (unpaired) electrons. The van der Waals surface area contributed by atoms with Gasteiger partial charge in [-0.25, -0.2) is 10.5 Å². The fraction of sp³-hybridized carbons (Fsp3) is 0.452. The Morgan fingerprint density at radius 2 is 1.88 bits per heavy atom. The first kappa shape index (κ1) is 30.7. The van der Waals surface area contributed by atoms with Crippen molar-refractivity contribution in [3.63, 3.8) is 0 Å². The number of hydroxylamine groups is 1. The number of imidazole rings is 1. The number of pyridine rings is 1. The lowest BCUT2D eigenvalue weighted by molar-refractivity contribution is -0.145. The van der Waals surface area contributed by atoms with Crippen molar-refractivity contribution in [1.29, 1.82) is 0 Å². The second kappa shape index (κ2) is 13.6. The first-order chi connectivity index (χ1) is 20.1. The third kappa shape index (κ3) is 7.33. The Hall–Kier alpha value is -4.25. The van der Waals surface area contributed by atoms with Crippen molar-refractivity contribution in [2.45, 2.75) is 71.4 Å². The zero-order valence-corrected chi connectivity index (χ0v) is 24.6. The van der Waals surface area contributed by atoms with Gasteiger partial charge in [0, 0.05) is 49.2 Å². The molecule has 11 heteroatoms. The number of nitrogens with one attached hydrogen (secondary N) is 3. The van der Waals surface area contributed by atoms with Crippen molar-refractivity contribution in [1.82, 2.24) is 30.6 Å². The highest BCUT2D eigenvalue weighted by atomic mass is 16.5. The van der Waals surface area contributed by atoms with Crippen LogP contribution in [0, 0.1) is 19.8 Å². The van der Waals surface area contributed by atoms with E-state index < -0.39 is 17.4 Å². The smallest absolute Gasteiger partial charge is 0.266 e.